The van der Waals surface area contributed by atoms with Gasteiger partial charge in [-0.05, 0) is 62.5 Å². The lowest BCUT2D eigenvalue weighted by Crippen LogP contribution is -2.39. The first kappa shape index (κ1) is 31.6. The van der Waals surface area contributed by atoms with Crippen LogP contribution in [-0.2, 0) is 12.1 Å². The zero-order valence-corrected chi connectivity index (χ0v) is 29.1. The maximum Gasteiger partial charge on any atom is 0.205 e. The quantitative estimate of drug-likeness (QED) is 0.108. The first-order valence-electron chi connectivity index (χ1n) is 15.9. The van der Waals surface area contributed by atoms with Crippen molar-refractivity contribution in [3.63, 3.8) is 0 Å². The second kappa shape index (κ2) is 13.0. The summed E-state index contributed by atoms with van der Waals surface area (Å²) in [6.45, 7) is 2.26. The smallest absolute Gasteiger partial charge is 0.205 e. The predicted molar refractivity (Wildman–Crippen MR) is 197 cm³/mol. The van der Waals surface area contributed by atoms with E-state index in [0.29, 0.717) is 35.2 Å². The summed E-state index contributed by atoms with van der Waals surface area (Å²) in [4.78, 5) is 17.7. The Balaban J connectivity index is 1.25. The summed E-state index contributed by atoms with van der Waals surface area (Å²) in [7, 11) is 0. The number of tetrazole rings is 1. The van der Waals surface area contributed by atoms with Gasteiger partial charge in [0.15, 0.2) is 17.0 Å². The average molecular weight is 740 g/mol. The number of fused-ring (bicyclic) bond motifs is 1. The molecule has 8 aromatic rings. The maximum absolute atomic E-state index is 11.7. The number of aryl methyl sites for hydroxylation is 1. The molecule has 0 aliphatic rings. The van der Waals surface area contributed by atoms with Gasteiger partial charge in [-0.25, -0.2) is 4.98 Å². The highest BCUT2D eigenvalue weighted by atomic mass is 79.9. The number of imidazole rings is 1. The second-order valence-corrected chi connectivity index (χ2v) is 13.0. The van der Waals surface area contributed by atoms with Crippen LogP contribution in [0.3, 0.4) is 0 Å². The van der Waals surface area contributed by atoms with E-state index in [4.69, 9.17) is 26.3 Å². The number of nitrogens with zero attached hydrogens (tertiary/aromatic N) is 6. The van der Waals surface area contributed by atoms with Gasteiger partial charge in [0.05, 0.1) is 4.47 Å². The average Bonchev–Trinajstić information content (AvgIpc) is 3.85. The number of benzene rings is 5. The van der Waals surface area contributed by atoms with Crippen molar-refractivity contribution in [3.8, 4) is 22.7 Å². The van der Waals surface area contributed by atoms with Crippen molar-refractivity contribution in [1.82, 2.24) is 29.8 Å². The van der Waals surface area contributed by atoms with Crippen molar-refractivity contribution >= 4 is 44.8 Å². The predicted octanol–water partition coefficient (Wildman–Crippen LogP) is 9.38. The summed E-state index contributed by atoms with van der Waals surface area (Å²) in [6, 6.07) is 44.6. The van der Waals surface area contributed by atoms with Crippen LogP contribution in [0.1, 0.15) is 38.6 Å². The van der Waals surface area contributed by atoms with Crippen LogP contribution in [0.5, 0.6) is 0 Å². The molecular weight excluding hydrogens is 712 g/mol. The summed E-state index contributed by atoms with van der Waals surface area (Å²) in [5.41, 5.74) is 5.68. The molecule has 244 valence electrons. The number of halogens is 2. The van der Waals surface area contributed by atoms with E-state index < -0.39 is 5.54 Å². The molecule has 0 unspecified atom stereocenters. The lowest BCUT2D eigenvalue weighted by Gasteiger charge is -2.34. The highest BCUT2D eigenvalue weighted by molar-refractivity contribution is 9.10. The first-order valence-corrected chi connectivity index (χ1v) is 17.1. The van der Waals surface area contributed by atoms with Crippen LogP contribution in [-0.4, -0.2) is 36.0 Å². The zero-order chi connectivity index (χ0) is 34.2. The van der Waals surface area contributed by atoms with Gasteiger partial charge in [-0.3, -0.25) is 4.79 Å². The topological polar surface area (TPSA) is 91.6 Å². The molecule has 0 atom stereocenters. The normalized spacial score (nSPS) is 11.7. The minimum atomic E-state index is -0.901. The van der Waals surface area contributed by atoms with E-state index in [2.05, 4.69) is 62.4 Å². The van der Waals surface area contributed by atoms with Crippen LogP contribution in [0.2, 0.25) is 5.15 Å². The van der Waals surface area contributed by atoms with Crippen molar-refractivity contribution < 1.29 is 9.21 Å². The number of aromatic nitrogens is 6. The molecule has 0 bridgehead atoms. The van der Waals surface area contributed by atoms with Gasteiger partial charge in [-0.1, -0.05) is 133 Å². The largest absolute Gasteiger partial charge is 0.455 e. The molecule has 0 saturated carbocycles. The number of aldehydes is 1. The number of rotatable bonds is 9. The molecule has 0 radical (unpaired) electrons. The van der Waals surface area contributed by atoms with E-state index in [1.165, 1.54) is 0 Å². The Kier molecular flexibility index (Phi) is 8.22. The third-order valence-corrected chi connectivity index (χ3v) is 10.1. The van der Waals surface area contributed by atoms with Crippen LogP contribution in [0.4, 0.5) is 0 Å². The number of carbonyl (C=O) groups excluding carboxylic acids is 1. The van der Waals surface area contributed by atoms with Gasteiger partial charge in [-0.15, -0.1) is 15.0 Å². The summed E-state index contributed by atoms with van der Waals surface area (Å²) in [5, 5.41) is 15.6. The van der Waals surface area contributed by atoms with E-state index >= 15 is 0 Å². The third-order valence-electron chi connectivity index (χ3n) is 9.00. The van der Waals surface area contributed by atoms with Crippen LogP contribution in [0.25, 0.3) is 33.7 Å². The van der Waals surface area contributed by atoms with E-state index in [0.717, 1.165) is 49.5 Å². The van der Waals surface area contributed by atoms with Gasteiger partial charge in [0.1, 0.15) is 22.9 Å². The van der Waals surface area contributed by atoms with Crippen LogP contribution in [0.15, 0.2) is 142 Å². The van der Waals surface area contributed by atoms with Crippen molar-refractivity contribution in [2.24, 2.45) is 0 Å². The van der Waals surface area contributed by atoms with Gasteiger partial charge in [0, 0.05) is 23.1 Å². The fraction of sp³-hybridized carbons (Fsp3) is 0.0750. The van der Waals surface area contributed by atoms with Crippen molar-refractivity contribution in [2.75, 3.05) is 0 Å². The molecule has 50 heavy (non-hydrogen) atoms. The molecule has 0 saturated heterocycles. The van der Waals surface area contributed by atoms with Crippen LogP contribution in [0, 0.1) is 6.92 Å². The summed E-state index contributed by atoms with van der Waals surface area (Å²) < 4.78 is 9.07. The van der Waals surface area contributed by atoms with Gasteiger partial charge >= 0.3 is 0 Å². The standard InChI is InChI=1S/C40H28BrClN6O2/c1-26-43-38(42)34(25-49)47(26)24-27-21-22-35-33(23-27)36(41)37(50-35)31-19-11-12-20-32(31)39-44-46-48(45-39)40(28-13-5-2-6-14-28,29-15-7-3-8-16-29)30-17-9-4-10-18-30/h2-23,25H,24H2,1H3. The lowest BCUT2D eigenvalue weighted by molar-refractivity contribution is 0.111. The molecule has 0 amide bonds. The maximum atomic E-state index is 11.7. The Morgan fingerprint density at radius 3 is 1.98 bits per heavy atom. The van der Waals surface area contributed by atoms with Crippen LogP contribution < -0.4 is 0 Å². The van der Waals surface area contributed by atoms with Gasteiger partial charge in [0.25, 0.3) is 0 Å². The summed E-state index contributed by atoms with van der Waals surface area (Å²) in [6.07, 6.45) is 0.734. The molecule has 5 aromatic carbocycles. The van der Waals surface area contributed by atoms with E-state index in [-0.39, 0.29) is 5.15 Å². The Morgan fingerprint density at radius 2 is 1.38 bits per heavy atom. The minimum absolute atomic E-state index is 0.195. The molecule has 0 N–H and O–H groups in total. The van der Waals surface area contributed by atoms with E-state index in [1.54, 1.807) is 9.36 Å². The molecule has 3 heterocycles. The summed E-state index contributed by atoms with van der Waals surface area (Å²) in [5.74, 6) is 1.75. The molecular formula is C40H28BrClN6O2. The monoisotopic (exact) mass is 738 g/mol. The van der Waals surface area contributed by atoms with Crippen LogP contribution >= 0.6 is 27.5 Å². The van der Waals surface area contributed by atoms with Crippen molar-refractivity contribution in [2.45, 2.75) is 19.0 Å². The Morgan fingerprint density at radius 1 is 0.800 bits per heavy atom. The Bertz CT molecular complexity index is 2380. The van der Waals surface area contributed by atoms with E-state index in [1.807, 2.05) is 104 Å². The fourth-order valence-corrected chi connectivity index (χ4v) is 7.52. The Labute approximate surface area is 301 Å². The highest BCUT2D eigenvalue weighted by Crippen LogP contribution is 2.43. The van der Waals surface area contributed by atoms with Gasteiger partial charge in [-0.2, -0.15) is 0 Å². The third kappa shape index (κ3) is 5.26. The number of hydrogen-bond acceptors (Lipinski definition) is 6. The molecule has 0 aliphatic carbocycles. The highest BCUT2D eigenvalue weighted by Gasteiger charge is 2.41. The van der Waals surface area contributed by atoms with Crippen molar-refractivity contribution in [3.05, 3.63) is 177 Å². The number of hydrogen-bond donors (Lipinski definition) is 0. The molecule has 0 aliphatic heterocycles. The number of furan rings is 1. The Hall–Kier alpha value is -5.64. The molecule has 10 heteroatoms. The zero-order valence-electron chi connectivity index (χ0n) is 26.7. The van der Waals surface area contributed by atoms with Gasteiger partial charge in [0.2, 0.25) is 5.82 Å². The molecule has 8 nitrogen and oxygen atoms in total. The van der Waals surface area contributed by atoms with Gasteiger partial charge < -0.3 is 8.98 Å². The molecule has 0 fully saturated rings. The SMILES string of the molecule is Cc1nc(Cl)c(C=O)n1Cc1ccc2oc(-c3ccccc3-c3nnn(C(c4ccccc4)(c4ccccc4)c4ccccc4)n3)c(Br)c2c1. The summed E-state index contributed by atoms with van der Waals surface area (Å²) >= 11 is 10.0. The fourth-order valence-electron chi connectivity index (χ4n) is 6.65. The van der Waals surface area contributed by atoms with Crippen molar-refractivity contribution in [1.29, 1.82) is 0 Å². The first-order chi connectivity index (χ1) is 24.5. The second-order valence-electron chi connectivity index (χ2n) is 11.9. The molecule has 3 aromatic heterocycles. The lowest BCUT2D eigenvalue weighted by atomic mass is 9.77. The molecule has 8 rings (SSSR count). The minimum Gasteiger partial charge on any atom is -0.455 e. The molecule has 0 spiro atoms. The number of carbonyl (C=O) groups is 1. The van der Waals surface area contributed by atoms with E-state index in [9.17, 15) is 4.79 Å².